The molecule has 0 aliphatic carbocycles. The molecular formula is C16H19F13NO6+. The number of hydrogen-bond donors (Lipinski definition) is 3. The first-order chi connectivity index (χ1) is 15.6. The zero-order valence-electron chi connectivity index (χ0n) is 18.1. The Balaban J connectivity index is 6.93. The van der Waals surface area contributed by atoms with Crippen LogP contribution in [0.5, 0.6) is 0 Å². The molecule has 0 radical (unpaired) electrons. The van der Waals surface area contributed by atoms with Gasteiger partial charge in [-0.2, -0.15) is 57.1 Å². The lowest BCUT2D eigenvalue weighted by Crippen LogP contribution is -2.72. The topological polar surface area (TPSA) is 104 Å². The molecule has 0 aromatic carbocycles. The maximum Gasteiger partial charge on any atom is 0.460 e. The van der Waals surface area contributed by atoms with Crippen molar-refractivity contribution in [2.45, 2.75) is 55.0 Å². The van der Waals surface area contributed by atoms with E-state index in [2.05, 4.69) is 4.74 Å². The molecular weight excluding hydrogens is 549 g/mol. The summed E-state index contributed by atoms with van der Waals surface area (Å²) in [7, 11) is 1.32. The zero-order chi connectivity index (χ0) is 29.5. The summed E-state index contributed by atoms with van der Waals surface area (Å²) in [5.41, 5.74) is 0. The lowest BCUT2D eigenvalue weighted by molar-refractivity contribution is -0.934. The predicted octanol–water partition coefficient (Wildman–Crippen LogP) is 2.74. The fraction of sp³-hybridized carbons (Fsp3) is 0.875. The number of ether oxygens (including phenoxy) is 1. The van der Waals surface area contributed by atoms with Crippen molar-refractivity contribution in [3.05, 3.63) is 0 Å². The van der Waals surface area contributed by atoms with E-state index in [1.807, 2.05) is 0 Å². The van der Waals surface area contributed by atoms with Crippen LogP contribution in [0.4, 0.5) is 57.1 Å². The van der Waals surface area contributed by atoms with Crippen LogP contribution in [0, 0.1) is 5.92 Å². The summed E-state index contributed by atoms with van der Waals surface area (Å²) in [6.07, 6.45) is -13.9. The van der Waals surface area contributed by atoms with E-state index in [1.54, 1.807) is 0 Å². The molecule has 214 valence electrons. The summed E-state index contributed by atoms with van der Waals surface area (Å²) in [5.74, 6) is -46.8. The number of alkyl halides is 13. The van der Waals surface area contributed by atoms with Gasteiger partial charge in [-0.1, -0.05) is 0 Å². The lowest BCUT2D eigenvalue weighted by Gasteiger charge is -2.44. The Morgan fingerprint density at radius 2 is 1.19 bits per heavy atom. The van der Waals surface area contributed by atoms with Crippen LogP contribution < -0.4 is 0 Å². The molecule has 0 spiro atoms. The number of aliphatic carboxylic acids is 1. The highest BCUT2D eigenvalue weighted by Gasteiger charge is 2.91. The summed E-state index contributed by atoms with van der Waals surface area (Å²) >= 11 is 0. The van der Waals surface area contributed by atoms with E-state index < -0.39 is 83.6 Å². The molecule has 3 N–H and O–H groups in total. The van der Waals surface area contributed by atoms with Gasteiger partial charge in [-0.25, -0.2) is 4.79 Å². The number of esters is 1. The Kier molecular flexibility index (Phi) is 9.41. The maximum absolute atomic E-state index is 14.6. The van der Waals surface area contributed by atoms with Crippen LogP contribution in [-0.4, -0.2) is 107 Å². The summed E-state index contributed by atoms with van der Waals surface area (Å²) in [4.78, 5) is 22.1. The molecule has 7 nitrogen and oxygen atoms in total. The fourth-order valence-corrected chi connectivity index (χ4v) is 2.82. The third kappa shape index (κ3) is 5.58. The standard InChI is InChI=1S/C16H18F13NO6/c1-6(32)36-9(10(35)30(2,3)4-8(33)34)7(5-31)11(17,18)12(19,20)13(21,22)14(23,24)15(25,26)16(27,28)29/h7,9-10,31,35H,4-5H2,1-3H3/p+1. The number of nitrogens with zero attached hydrogens (tertiary/aromatic N) is 1. The van der Waals surface area contributed by atoms with Gasteiger partial charge in [-0.05, 0) is 0 Å². The number of halogens is 13. The van der Waals surface area contributed by atoms with Gasteiger partial charge in [0.05, 0.1) is 26.6 Å². The largest absolute Gasteiger partial charge is 0.477 e. The minimum Gasteiger partial charge on any atom is -0.477 e. The first kappa shape index (κ1) is 33.9. The second-order valence-corrected chi connectivity index (χ2v) is 8.03. The minimum absolute atomic E-state index is 0.342. The number of likely N-dealkylation sites (N-methyl/N-ethyl adjacent to an activating group) is 1. The van der Waals surface area contributed by atoms with E-state index in [9.17, 15) is 71.8 Å². The van der Waals surface area contributed by atoms with Crippen molar-refractivity contribution >= 4 is 11.9 Å². The van der Waals surface area contributed by atoms with Gasteiger partial charge in [-0.15, -0.1) is 0 Å². The molecule has 0 heterocycles. The van der Waals surface area contributed by atoms with E-state index in [0.717, 1.165) is 0 Å². The van der Waals surface area contributed by atoms with Crippen molar-refractivity contribution in [3.63, 3.8) is 0 Å². The molecule has 0 fully saturated rings. The fourth-order valence-electron chi connectivity index (χ4n) is 2.82. The Hall–Kier alpha value is -2.09. The van der Waals surface area contributed by atoms with Gasteiger partial charge in [0.15, 0.2) is 12.6 Å². The van der Waals surface area contributed by atoms with Gasteiger partial charge in [0.25, 0.3) is 0 Å². The average Bonchev–Trinajstić information content (AvgIpc) is 2.64. The van der Waals surface area contributed by atoms with Crippen LogP contribution in [0.1, 0.15) is 6.92 Å². The molecule has 0 amide bonds. The van der Waals surface area contributed by atoms with Gasteiger partial charge in [0, 0.05) is 6.92 Å². The number of quaternary nitrogens is 1. The molecule has 0 aliphatic rings. The van der Waals surface area contributed by atoms with Crippen molar-refractivity contribution in [1.82, 2.24) is 0 Å². The summed E-state index contributed by atoms with van der Waals surface area (Å²) in [6, 6.07) is 0. The first-order valence-electron chi connectivity index (χ1n) is 9.04. The normalized spacial score (nSPS) is 17.4. The summed E-state index contributed by atoms with van der Waals surface area (Å²) < 4.78 is 177. The number of carboxylic acids is 1. The van der Waals surface area contributed by atoms with Crippen molar-refractivity contribution in [1.29, 1.82) is 0 Å². The van der Waals surface area contributed by atoms with E-state index in [0.29, 0.717) is 21.0 Å². The highest BCUT2D eigenvalue weighted by Crippen LogP contribution is 2.61. The molecule has 20 heteroatoms. The van der Waals surface area contributed by atoms with E-state index in [-0.39, 0.29) is 0 Å². The Morgan fingerprint density at radius 3 is 1.50 bits per heavy atom. The number of carbonyl (C=O) groups excluding carboxylic acids is 1. The number of carbonyl (C=O) groups is 2. The van der Waals surface area contributed by atoms with E-state index >= 15 is 0 Å². The Labute approximate surface area is 192 Å². The molecule has 36 heavy (non-hydrogen) atoms. The molecule has 3 atom stereocenters. The highest BCUT2D eigenvalue weighted by atomic mass is 19.4. The van der Waals surface area contributed by atoms with Crippen LogP contribution in [0.3, 0.4) is 0 Å². The number of aliphatic hydroxyl groups excluding tert-OH is 2. The van der Waals surface area contributed by atoms with Gasteiger partial charge in [0.1, 0.15) is 0 Å². The Morgan fingerprint density at radius 1 is 0.806 bits per heavy atom. The van der Waals surface area contributed by atoms with Crippen molar-refractivity contribution in [2.75, 3.05) is 27.2 Å². The van der Waals surface area contributed by atoms with Gasteiger partial charge >= 0.3 is 47.7 Å². The summed E-state index contributed by atoms with van der Waals surface area (Å²) in [6.45, 7) is -3.50. The number of aliphatic hydroxyl groups is 2. The van der Waals surface area contributed by atoms with Crippen LogP contribution in [0.25, 0.3) is 0 Å². The van der Waals surface area contributed by atoms with Crippen LogP contribution in [-0.2, 0) is 14.3 Å². The van der Waals surface area contributed by atoms with Gasteiger partial charge < -0.3 is 20.1 Å². The van der Waals surface area contributed by atoms with Crippen LogP contribution in [0.15, 0.2) is 0 Å². The second-order valence-electron chi connectivity index (χ2n) is 8.03. The predicted molar refractivity (Wildman–Crippen MR) is 87.5 cm³/mol. The maximum atomic E-state index is 14.6. The second kappa shape index (κ2) is 9.99. The molecule has 0 aromatic heterocycles. The quantitative estimate of drug-likeness (QED) is 0.145. The smallest absolute Gasteiger partial charge is 0.460 e. The molecule has 0 rings (SSSR count). The Bertz CT molecular complexity index is 815. The number of carboxylic acid groups (broad SMARTS) is 1. The lowest BCUT2D eigenvalue weighted by atomic mass is 9.84. The monoisotopic (exact) mass is 568 g/mol. The van der Waals surface area contributed by atoms with E-state index in [1.165, 1.54) is 0 Å². The van der Waals surface area contributed by atoms with E-state index in [4.69, 9.17) is 10.2 Å². The molecule has 0 bridgehead atoms. The molecule has 0 saturated heterocycles. The van der Waals surface area contributed by atoms with Crippen molar-refractivity contribution in [3.8, 4) is 0 Å². The average molecular weight is 568 g/mol. The molecule has 0 saturated carbocycles. The van der Waals surface area contributed by atoms with Crippen molar-refractivity contribution < 1.29 is 91.2 Å². The van der Waals surface area contributed by atoms with Crippen molar-refractivity contribution in [2.24, 2.45) is 5.92 Å². The highest BCUT2D eigenvalue weighted by molar-refractivity contribution is 5.68. The summed E-state index contributed by atoms with van der Waals surface area (Å²) in [5, 5.41) is 28.2. The third-order valence-electron chi connectivity index (χ3n) is 4.87. The molecule has 0 aliphatic heterocycles. The van der Waals surface area contributed by atoms with Crippen LogP contribution in [0.2, 0.25) is 0 Å². The minimum atomic E-state index is -8.21. The zero-order valence-corrected chi connectivity index (χ0v) is 18.1. The number of hydrogen-bond acceptors (Lipinski definition) is 5. The third-order valence-corrected chi connectivity index (χ3v) is 4.87. The van der Waals surface area contributed by atoms with Crippen LogP contribution >= 0.6 is 0 Å². The SMILES string of the molecule is CC(=O)OC(C(CO)C(F)(F)C(F)(F)C(F)(F)C(F)(F)C(F)(F)C(F)(F)F)C(O)[N+](C)(C)CC(=O)O. The van der Waals surface area contributed by atoms with Gasteiger partial charge in [-0.3, -0.25) is 9.28 Å². The van der Waals surface area contributed by atoms with Gasteiger partial charge in [0.2, 0.25) is 6.23 Å². The number of rotatable bonds is 12. The molecule has 3 unspecified atom stereocenters. The first-order valence-corrected chi connectivity index (χ1v) is 9.04. The molecule has 0 aromatic rings.